The van der Waals surface area contributed by atoms with Crippen molar-refractivity contribution in [2.45, 2.75) is 48.8 Å². The largest absolute Gasteiger partial charge is 0.341 e. The summed E-state index contributed by atoms with van der Waals surface area (Å²) in [5.74, 6) is 3.45. The van der Waals surface area contributed by atoms with Crippen LogP contribution < -0.4 is 0 Å². The fourth-order valence-corrected chi connectivity index (χ4v) is 5.93. The summed E-state index contributed by atoms with van der Waals surface area (Å²) in [5, 5.41) is 0. The molecule has 0 unspecified atom stereocenters. The molecule has 0 radical (unpaired) electrons. The first kappa shape index (κ1) is 17.4. The van der Waals surface area contributed by atoms with Crippen LogP contribution >= 0.6 is 23.5 Å². The summed E-state index contributed by atoms with van der Waals surface area (Å²) in [6.07, 6.45) is 2.33. The van der Waals surface area contributed by atoms with Gasteiger partial charge in [0.15, 0.2) is 0 Å². The van der Waals surface area contributed by atoms with Crippen LogP contribution in [0.5, 0.6) is 0 Å². The fourth-order valence-electron chi connectivity index (χ4n) is 3.82. The molecule has 2 aromatic carbocycles. The topological polar surface area (TPSA) is 28.7 Å². The van der Waals surface area contributed by atoms with Gasteiger partial charge >= 0.3 is 0 Å². The number of aromatic nitrogens is 2. The van der Waals surface area contributed by atoms with E-state index < -0.39 is 0 Å². The number of nitrogens with one attached hydrogen (secondary N) is 1. The van der Waals surface area contributed by atoms with Crippen LogP contribution in [-0.4, -0.2) is 21.5 Å². The van der Waals surface area contributed by atoms with Crippen molar-refractivity contribution in [1.29, 1.82) is 0 Å². The fraction of sp³-hybridized carbons (Fsp3) is 0.348. The Hall–Kier alpha value is -1.65. The standard InChI is InChI=1S/C23H24N2S2/c1-23(2,3)22-24-20(16-4-6-18-14(12-16)8-10-26-18)21(25-22)17-5-7-19-15(13-17)9-11-27-19/h4-7,12-13H,8-11H2,1-3H3,(H,24,25). The van der Waals surface area contributed by atoms with E-state index in [1.165, 1.54) is 50.0 Å². The smallest absolute Gasteiger partial charge is 0.112 e. The second-order valence-corrected chi connectivity index (χ2v) is 10.7. The van der Waals surface area contributed by atoms with E-state index in [-0.39, 0.29) is 5.41 Å². The van der Waals surface area contributed by atoms with Gasteiger partial charge in [-0.2, -0.15) is 0 Å². The number of rotatable bonds is 2. The highest BCUT2D eigenvalue weighted by Gasteiger charge is 2.24. The van der Waals surface area contributed by atoms with Crippen LogP contribution in [0.25, 0.3) is 22.5 Å². The summed E-state index contributed by atoms with van der Waals surface area (Å²) in [7, 11) is 0. The van der Waals surface area contributed by atoms with Gasteiger partial charge in [-0.25, -0.2) is 4.98 Å². The molecule has 2 nitrogen and oxygen atoms in total. The third-order valence-electron chi connectivity index (χ3n) is 5.36. The molecule has 0 bridgehead atoms. The van der Waals surface area contributed by atoms with Gasteiger partial charge in [0.25, 0.3) is 0 Å². The van der Waals surface area contributed by atoms with E-state index in [2.05, 4.69) is 62.2 Å². The molecule has 0 aliphatic carbocycles. The van der Waals surface area contributed by atoms with Crippen molar-refractivity contribution in [1.82, 2.24) is 9.97 Å². The highest BCUT2D eigenvalue weighted by Crippen LogP contribution is 2.40. The Morgan fingerprint density at radius 1 is 0.852 bits per heavy atom. The Morgan fingerprint density at radius 3 is 2.07 bits per heavy atom. The minimum Gasteiger partial charge on any atom is -0.341 e. The molecule has 0 fully saturated rings. The number of H-pyrrole nitrogens is 1. The molecule has 5 rings (SSSR count). The van der Waals surface area contributed by atoms with Gasteiger partial charge in [-0.1, -0.05) is 32.9 Å². The number of thioether (sulfide) groups is 2. The highest BCUT2D eigenvalue weighted by atomic mass is 32.2. The van der Waals surface area contributed by atoms with Crippen LogP contribution in [0.1, 0.15) is 37.7 Å². The number of aromatic amines is 1. The minimum absolute atomic E-state index is 0.00778. The third kappa shape index (κ3) is 3.13. The Balaban J connectivity index is 1.67. The van der Waals surface area contributed by atoms with Gasteiger partial charge in [0.1, 0.15) is 5.82 Å². The van der Waals surface area contributed by atoms with Crippen LogP contribution in [0.4, 0.5) is 0 Å². The van der Waals surface area contributed by atoms with Crippen molar-refractivity contribution >= 4 is 23.5 Å². The predicted molar refractivity (Wildman–Crippen MR) is 117 cm³/mol. The van der Waals surface area contributed by atoms with Crippen LogP contribution in [0.2, 0.25) is 0 Å². The first-order valence-electron chi connectivity index (χ1n) is 9.62. The second-order valence-electron chi connectivity index (χ2n) is 8.40. The Kier molecular flexibility index (Phi) is 4.17. The molecule has 2 aliphatic rings. The molecule has 27 heavy (non-hydrogen) atoms. The Labute approximate surface area is 169 Å². The molecule has 4 heteroatoms. The number of fused-ring (bicyclic) bond motifs is 2. The number of benzene rings is 2. The van der Waals surface area contributed by atoms with Crippen molar-refractivity contribution in [3.63, 3.8) is 0 Å². The molecule has 1 N–H and O–H groups in total. The number of nitrogens with zero attached hydrogens (tertiary/aromatic N) is 1. The highest BCUT2D eigenvalue weighted by molar-refractivity contribution is 7.99. The lowest BCUT2D eigenvalue weighted by Crippen LogP contribution is -2.13. The summed E-state index contributed by atoms with van der Waals surface area (Å²) in [4.78, 5) is 11.6. The van der Waals surface area contributed by atoms with Crippen molar-refractivity contribution in [2.24, 2.45) is 0 Å². The van der Waals surface area contributed by atoms with E-state index >= 15 is 0 Å². The number of imidazole rings is 1. The van der Waals surface area contributed by atoms with Crippen LogP contribution in [0, 0.1) is 0 Å². The normalized spacial score (nSPS) is 15.8. The Bertz CT molecular complexity index is 952. The molecule has 2 aliphatic heterocycles. The summed E-state index contributed by atoms with van der Waals surface area (Å²) in [6, 6.07) is 13.8. The van der Waals surface area contributed by atoms with Gasteiger partial charge < -0.3 is 4.98 Å². The molecule has 0 saturated carbocycles. The number of aryl methyl sites for hydroxylation is 2. The second kappa shape index (κ2) is 6.46. The first-order valence-corrected chi connectivity index (χ1v) is 11.6. The Morgan fingerprint density at radius 2 is 1.44 bits per heavy atom. The summed E-state index contributed by atoms with van der Waals surface area (Å²) in [6.45, 7) is 6.66. The van der Waals surface area contributed by atoms with Gasteiger partial charge in [0.2, 0.25) is 0 Å². The molecular formula is C23H24N2S2. The maximum absolute atomic E-state index is 5.08. The SMILES string of the molecule is CC(C)(C)c1nc(-c2ccc3c(c2)CCS3)c(-c2ccc3c(c2)CCS3)[nH]1. The monoisotopic (exact) mass is 392 g/mol. The zero-order chi connectivity index (χ0) is 18.6. The average Bonchev–Trinajstić information content (AvgIpc) is 3.37. The van der Waals surface area contributed by atoms with Gasteiger partial charge in [-0.05, 0) is 48.2 Å². The molecule has 3 heterocycles. The quantitative estimate of drug-likeness (QED) is 0.552. The zero-order valence-corrected chi connectivity index (χ0v) is 17.7. The predicted octanol–water partition coefficient (Wildman–Crippen LogP) is 6.34. The summed E-state index contributed by atoms with van der Waals surface area (Å²) in [5.41, 5.74) is 7.66. The summed E-state index contributed by atoms with van der Waals surface area (Å²) < 4.78 is 0. The van der Waals surface area contributed by atoms with Gasteiger partial charge in [0.05, 0.1) is 11.4 Å². The third-order valence-corrected chi connectivity index (χ3v) is 7.59. The number of hydrogen-bond acceptors (Lipinski definition) is 3. The molecular weight excluding hydrogens is 368 g/mol. The van der Waals surface area contributed by atoms with Crippen LogP contribution in [-0.2, 0) is 18.3 Å². The lowest BCUT2D eigenvalue weighted by molar-refractivity contribution is 0.553. The molecule has 0 atom stereocenters. The average molecular weight is 393 g/mol. The molecule has 0 saturated heterocycles. The van der Waals surface area contributed by atoms with Crippen molar-refractivity contribution in [3.05, 3.63) is 53.3 Å². The van der Waals surface area contributed by atoms with Crippen LogP contribution in [0.15, 0.2) is 46.2 Å². The minimum atomic E-state index is -0.00778. The number of hydrogen-bond donors (Lipinski definition) is 1. The lowest BCUT2D eigenvalue weighted by Gasteiger charge is -2.14. The maximum Gasteiger partial charge on any atom is 0.112 e. The van der Waals surface area contributed by atoms with E-state index in [1.54, 1.807) is 0 Å². The van der Waals surface area contributed by atoms with Gasteiger partial charge in [0, 0.05) is 37.8 Å². The van der Waals surface area contributed by atoms with Crippen molar-refractivity contribution < 1.29 is 0 Å². The van der Waals surface area contributed by atoms with Crippen molar-refractivity contribution in [2.75, 3.05) is 11.5 Å². The molecule has 1 aromatic heterocycles. The van der Waals surface area contributed by atoms with E-state index in [0.29, 0.717) is 0 Å². The van der Waals surface area contributed by atoms with Crippen molar-refractivity contribution in [3.8, 4) is 22.5 Å². The van der Waals surface area contributed by atoms with Gasteiger partial charge in [-0.15, -0.1) is 23.5 Å². The lowest BCUT2D eigenvalue weighted by atomic mass is 9.96. The molecule has 3 aromatic rings. The van der Waals surface area contributed by atoms with E-state index in [9.17, 15) is 0 Å². The van der Waals surface area contributed by atoms with E-state index in [4.69, 9.17) is 4.98 Å². The van der Waals surface area contributed by atoms with Gasteiger partial charge in [-0.3, -0.25) is 0 Å². The first-order chi connectivity index (χ1) is 13.0. The molecule has 0 spiro atoms. The van der Waals surface area contributed by atoms with Crippen LogP contribution in [0.3, 0.4) is 0 Å². The van der Waals surface area contributed by atoms with E-state index in [1.807, 2.05) is 23.5 Å². The zero-order valence-electron chi connectivity index (χ0n) is 16.1. The summed E-state index contributed by atoms with van der Waals surface area (Å²) >= 11 is 3.93. The van der Waals surface area contributed by atoms with E-state index in [0.717, 1.165) is 23.6 Å². The maximum atomic E-state index is 5.08. The molecule has 138 valence electrons. The molecule has 0 amide bonds.